The molecule has 0 spiro atoms. The van der Waals surface area contributed by atoms with Crippen molar-refractivity contribution >= 4 is 11.6 Å². The van der Waals surface area contributed by atoms with Crippen molar-refractivity contribution in [2.75, 3.05) is 7.11 Å². The first-order chi connectivity index (χ1) is 6.49. The van der Waals surface area contributed by atoms with Gasteiger partial charge < -0.3 is 14.9 Å². The van der Waals surface area contributed by atoms with Crippen molar-refractivity contribution in [3.8, 4) is 11.5 Å². The number of aliphatic hydroxyl groups is 1. The molecule has 1 aromatic rings. The SMILES string of the molecule is COc1cc(C)c(Cl)c(C(C)O)c1O. The maximum Gasteiger partial charge on any atom is 0.165 e. The molecule has 0 fully saturated rings. The number of phenols is 1. The van der Waals surface area contributed by atoms with Crippen molar-refractivity contribution in [2.24, 2.45) is 0 Å². The van der Waals surface area contributed by atoms with Gasteiger partial charge in [-0.25, -0.2) is 0 Å². The van der Waals surface area contributed by atoms with Crippen LogP contribution in [0.25, 0.3) is 0 Å². The number of ether oxygens (including phenoxy) is 1. The van der Waals surface area contributed by atoms with Gasteiger partial charge in [0, 0.05) is 5.56 Å². The van der Waals surface area contributed by atoms with E-state index < -0.39 is 6.10 Å². The van der Waals surface area contributed by atoms with E-state index in [0.717, 1.165) is 5.56 Å². The molecule has 0 aliphatic rings. The largest absolute Gasteiger partial charge is 0.504 e. The van der Waals surface area contributed by atoms with E-state index in [2.05, 4.69) is 0 Å². The molecule has 0 aliphatic heterocycles. The minimum atomic E-state index is -0.823. The van der Waals surface area contributed by atoms with Gasteiger partial charge in [-0.05, 0) is 25.5 Å². The molecule has 0 aromatic heterocycles. The fraction of sp³-hybridized carbons (Fsp3) is 0.400. The van der Waals surface area contributed by atoms with Crippen LogP contribution < -0.4 is 4.74 Å². The molecule has 3 nitrogen and oxygen atoms in total. The van der Waals surface area contributed by atoms with Gasteiger partial charge in [-0.1, -0.05) is 11.6 Å². The second-order valence-corrected chi connectivity index (χ2v) is 3.53. The molecule has 1 aromatic carbocycles. The van der Waals surface area contributed by atoms with Gasteiger partial charge in [-0.15, -0.1) is 0 Å². The van der Waals surface area contributed by atoms with Gasteiger partial charge >= 0.3 is 0 Å². The Kier molecular flexibility index (Phi) is 3.24. The smallest absolute Gasteiger partial charge is 0.165 e. The number of hydrogen-bond donors (Lipinski definition) is 2. The topological polar surface area (TPSA) is 49.7 Å². The third-order valence-corrected chi connectivity index (χ3v) is 2.56. The van der Waals surface area contributed by atoms with Gasteiger partial charge in [0.25, 0.3) is 0 Å². The molecule has 0 saturated carbocycles. The van der Waals surface area contributed by atoms with E-state index in [9.17, 15) is 10.2 Å². The highest BCUT2D eigenvalue weighted by Crippen LogP contribution is 2.40. The summed E-state index contributed by atoms with van der Waals surface area (Å²) in [5.74, 6) is 0.223. The van der Waals surface area contributed by atoms with Crippen LogP contribution in [-0.2, 0) is 0 Å². The Bertz CT molecular complexity index is 348. The highest BCUT2D eigenvalue weighted by Gasteiger charge is 2.18. The highest BCUT2D eigenvalue weighted by atomic mass is 35.5. The number of aromatic hydroxyl groups is 1. The third-order valence-electron chi connectivity index (χ3n) is 2.06. The summed E-state index contributed by atoms with van der Waals surface area (Å²) >= 11 is 5.95. The molecule has 0 saturated heterocycles. The first-order valence-corrected chi connectivity index (χ1v) is 4.60. The van der Waals surface area contributed by atoms with Crippen LogP contribution in [0.3, 0.4) is 0 Å². The first kappa shape index (κ1) is 11.1. The lowest BCUT2D eigenvalue weighted by atomic mass is 10.1. The fourth-order valence-electron chi connectivity index (χ4n) is 1.31. The Hall–Kier alpha value is -0.930. The predicted octanol–water partition coefficient (Wildman–Crippen LogP) is 2.42. The number of phenolic OH excluding ortho intramolecular Hbond substituents is 1. The number of rotatable bonds is 2. The van der Waals surface area contributed by atoms with Crippen molar-refractivity contribution in [3.05, 3.63) is 22.2 Å². The number of hydrogen-bond acceptors (Lipinski definition) is 3. The number of methoxy groups -OCH3 is 1. The van der Waals surface area contributed by atoms with Gasteiger partial charge in [0.05, 0.1) is 18.2 Å². The average molecular weight is 217 g/mol. The van der Waals surface area contributed by atoms with Crippen LogP contribution >= 0.6 is 11.6 Å². The van der Waals surface area contributed by atoms with Crippen LogP contribution in [0.5, 0.6) is 11.5 Å². The molecule has 0 amide bonds. The maximum absolute atomic E-state index is 9.70. The lowest BCUT2D eigenvalue weighted by molar-refractivity contribution is 0.193. The molecule has 4 heteroatoms. The quantitative estimate of drug-likeness (QED) is 0.798. The van der Waals surface area contributed by atoms with Crippen molar-refractivity contribution in [3.63, 3.8) is 0 Å². The highest BCUT2D eigenvalue weighted by molar-refractivity contribution is 6.32. The van der Waals surface area contributed by atoms with Crippen molar-refractivity contribution in [1.29, 1.82) is 0 Å². The predicted molar refractivity (Wildman–Crippen MR) is 55.0 cm³/mol. The second kappa shape index (κ2) is 4.07. The van der Waals surface area contributed by atoms with E-state index in [1.807, 2.05) is 0 Å². The van der Waals surface area contributed by atoms with Crippen LogP contribution in [0, 0.1) is 6.92 Å². The van der Waals surface area contributed by atoms with E-state index in [1.165, 1.54) is 7.11 Å². The van der Waals surface area contributed by atoms with E-state index in [4.69, 9.17) is 16.3 Å². The molecule has 1 unspecified atom stereocenters. The van der Waals surface area contributed by atoms with Crippen LogP contribution in [0.2, 0.25) is 5.02 Å². The van der Waals surface area contributed by atoms with Crippen LogP contribution in [0.1, 0.15) is 24.2 Å². The summed E-state index contributed by atoms with van der Waals surface area (Å²) in [7, 11) is 1.45. The first-order valence-electron chi connectivity index (χ1n) is 4.23. The van der Waals surface area contributed by atoms with E-state index >= 15 is 0 Å². The lowest BCUT2D eigenvalue weighted by Crippen LogP contribution is -1.97. The molecule has 2 N–H and O–H groups in total. The Morgan fingerprint density at radius 2 is 2.07 bits per heavy atom. The number of halogens is 1. The number of aryl methyl sites for hydroxylation is 1. The molecule has 78 valence electrons. The Morgan fingerprint density at radius 3 is 2.50 bits per heavy atom. The summed E-state index contributed by atoms with van der Waals surface area (Å²) in [6.45, 7) is 3.33. The standard InChI is InChI=1S/C10H13ClO3/c1-5-4-7(14-3)10(13)8(6(2)12)9(5)11/h4,6,12-13H,1-3H3. The van der Waals surface area contributed by atoms with Crippen LogP contribution in [0.4, 0.5) is 0 Å². The zero-order valence-corrected chi connectivity index (χ0v) is 9.09. The zero-order chi connectivity index (χ0) is 10.9. The molecule has 1 rings (SSSR count). The Labute approximate surface area is 87.9 Å². The minimum absolute atomic E-state index is 0.0990. The third kappa shape index (κ3) is 1.79. The second-order valence-electron chi connectivity index (χ2n) is 3.15. The lowest BCUT2D eigenvalue weighted by Gasteiger charge is -2.14. The summed E-state index contributed by atoms with van der Waals surface area (Å²) in [5, 5.41) is 19.5. The minimum Gasteiger partial charge on any atom is -0.504 e. The molecular weight excluding hydrogens is 204 g/mol. The monoisotopic (exact) mass is 216 g/mol. The summed E-state index contributed by atoms with van der Waals surface area (Å²) in [5.41, 5.74) is 1.07. The molecule has 0 bridgehead atoms. The van der Waals surface area contributed by atoms with Crippen molar-refractivity contribution < 1.29 is 14.9 Å². The molecule has 0 aliphatic carbocycles. The Balaban J connectivity index is 3.45. The van der Waals surface area contributed by atoms with Gasteiger partial charge in [0.1, 0.15) is 0 Å². The fourth-order valence-corrected chi connectivity index (χ4v) is 1.62. The van der Waals surface area contributed by atoms with Gasteiger partial charge in [0.2, 0.25) is 0 Å². The normalized spacial score (nSPS) is 12.6. The summed E-state index contributed by atoms with van der Waals surface area (Å²) < 4.78 is 4.95. The van der Waals surface area contributed by atoms with Crippen molar-refractivity contribution in [2.45, 2.75) is 20.0 Å². The molecule has 14 heavy (non-hydrogen) atoms. The Morgan fingerprint density at radius 1 is 1.50 bits per heavy atom. The van der Waals surface area contributed by atoms with E-state index in [-0.39, 0.29) is 5.75 Å². The zero-order valence-electron chi connectivity index (χ0n) is 8.34. The van der Waals surface area contributed by atoms with E-state index in [1.54, 1.807) is 19.9 Å². The number of benzene rings is 1. The maximum atomic E-state index is 9.70. The molecule has 0 radical (unpaired) electrons. The molecule has 0 heterocycles. The molecule has 1 atom stereocenters. The summed E-state index contributed by atoms with van der Waals surface area (Å²) in [6.07, 6.45) is -0.823. The van der Waals surface area contributed by atoms with Gasteiger partial charge in [-0.2, -0.15) is 0 Å². The van der Waals surface area contributed by atoms with Crippen LogP contribution in [0.15, 0.2) is 6.07 Å². The van der Waals surface area contributed by atoms with E-state index in [0.29, 0.717) is 16.3 Å². The van der Waals surface area contributed by atoms with Gasteiger partial charge in [0.15, 0.2) is 11.5 Å². The van der Waals surface area contributed by atoms with Gasteiger partial charge in [-0.3, -0.25) is 0 Å². The summed E-state index contributed by atoms with van der Waals surface area (Å²) in [4.78, 5) is 0. The molecular formula is C10H13ClO3. The summed E-state index contributed by atoms with van der Waals surface area (Å²) in [6, 6.07) is 1.63. The van der Waals surface area contributed by atoms with Crippen LogP contribution in [-0.4, -0.2) is 17.3 Å². The number of aliphatic hydroxyl groups excluding tert-OH is 1. The average Bonchev–Trinajstić information content (AvgIpc) is 2.11. The van der Waals surface area contributed by atoms with Crippen molar-refractivity contribution in [1.82, 2.24) is 0 Å².